The van der Waals surface area contributed by atoms with Gasteiger partial charge in [-0.15, -0.1) is 0 Å². The average molecular weight is 448 g/mol. The van der Waals surface area contributed by atoms with Crippen LogP contribution in [0, 0.1) is 0 Å². The fraction of sp³-hybridized carbons (Fsp3) is 0.286. The van der Waals surface area contributed by atoms with Crippen molar-refractivity contribution in [2.75, 3.05) is 6.61 Å². The predicted molar refractivity (Wildman–Crippen MR) is 107 cm³/mol. The monoisotopic (exact) mass is 448 g/mol. The van der Waals surface area contributed by atoms with Crippen molar-refractivity contribution in [2.24, 2.45) is 0 Å². The minimum Gasteiger partial charge on any atom is -0.508 e. The van der Waals surface area contributed by atoms with Gasteiger partial charge in [0.05, 0.1) is 6.61 Å². The number of hydrogen-bond acceptors (Lipinski definition) is 11. The smallest absolute Gasteiger partial charge is 0.229 e. The molecule has 5 atom stereocenters. The highest BCUT2D eigenvalue weighted by Gasteiger charge is 2.44. The number of ether oxygens (including phenoxy) is 2. The Morgan fingerprint density at radius 2 is 1.66 bits per heavy atom. The summed E-state index contributed by atoms with van der Waals surface area (Å²) in [5, 5.41) is 68.7. The zero-order valence-corrected chi connectivity index (χ0v) is 16.3. The van der Waals surface area contributed by atoms with Gasteiger partial charge in [-0.2, -0.15) is 0 Å². The van der Waals surface area contributed by atoms with Gasteiger partial charge in [0.2, 0.25) is 6.29 Å². The SMILES string of the molecule is O=c1cc(-c2ccc(O[C@H]3O[C@H](CO)[C@@H](O)[C@H](O)[C@H]3O)c(O)c2)oc2cc(O)cc(O)c12. The molecule has 1 aliphatic rings. The van der Waals surface area contributed by atoms with Crippen molar-refractivity contribution < 1.29 is 49.6 Å². The number of phenols is 3. The second-order valence-electron chi connectivity index (χ2n) is 7.31. The summed E-state index contributed by atoms with van der Waals surface area (Å²) in [6.07, 6.45) is -7.54. The zero-order chi connectivity index (χ0) is 23.2. The van der Waals surface area contributed by atoms with E-state index in [0.29, 0.717) is 0 Å². The van der Waals surface area contributed by atoms with Crippen LogP contribution in [-0.4, -0.2) is 73.1 Å². The number of hydrogen-bond donors (Lipinski definition) is 7. The van der Waals surface area contributed by atoms with Crippen LogP contribution in [0.2, 0.25) is 0 Å². The van der Waals surface area contributed by atoms with E-state index in [4.69, 9.17) is 13.9 Å². The Hall–Kier alpha value is -3.35. The maximum Gasteiger partial charge on any atom is 0.229 e. The standard InChI is InChI=1S/C21H20O11/c22-7-16-18(27)19(28)20(29)21(32-16)31-13-2-1-8(3-10(13)24)14-6-12(26)17-11(25)4-9(23)5-15(17)30-14/h1-6,16,18-25,27-29H,7H2/t16-,18-,19+,20-,21+/m1/s1. The van der Waals surface area contributed by atoms with Gasteiger partial charge in [-0.3, -0.25) is 4.79 Å². The average Bonchev–Trinajstić information content (AvgIpc) is 2.74. The highest BCUT2D eigenvalue weighted by molar-refractivity contribution is 5.86. The zero-order valence-electron chi connectivity index (χ0n) is 16.3. The van der Waals surface area contributed by atoms with E-state index in [-0.39, 0.29) is 33.8 Å². The lowest BCUT2D eigenvalue weighted by molar-refractivity contribution is -0.277. The largest absolute Gasteiger partial charge is 0.508 e. The van der Waals surface area contributed by atoms with Crippen molar-refractivity contribution in [3.63, 3.8) is 0 Å². The van der Waals surface area contributed by atoms with Gasteiger partial charge in [-0.25, -0.2) is 0 Å². The maximum absolute atomic E-state index is 12.4. The van der Waals surface area contributed by atoms with Crippen molar-refractivity contribution in [2.45, 2.75) is 30.7 Å². The van der Waals surface area contributed by atoms with E-state index in [1.165, 1.54) is 18.2 Å². The second kappa shape index (κ2) is 8.30. The van der Waals surface area contributed by atoms with Gasteiger partial charge in [-0.1, -0.05) is 0 Å². The Labute approximate surface area is 179 Å². The molecule has 1 aliphatic heterocycles. The lowest BCUT2D eigenvalue weighted by atomic mass is 9.99. The summed E-state index contributed by atoms with van der Waals surface area (Å²) in [5.41, 5.74) is -0.378. The summed E-state index contributed by atoms with van der Waals surface area (Å²) in [4.78, 5) is 12.4. The Morgan fingerprint density at radius 3 is 2.34 bits per heavy atom. The molecule has 0 unspecified atom stereocenters. The van der Waals surface area contributed by atoms with E-state index in [0.717, 1.165) is 18.2 Å². The molecule has 32 heavy (non-hydrogen) atoms. The summed E-state index contributed by atoms with van der Waals surface area (Å²) in [5.74, 6) is -1.30. The molecule has 1 fully saturated rings. The number of rotatable bonds is 4. The van der Waals surface area contributed by atoms with Gasteiger partial charge in [0.25, 0.3) is 0 Å². The molecule has 11 heteroatoms. The maximum atomic E-state index is 12.4. The first-order valence-corrected chi connectivity index (χ1v) is 9.50. The van der Waals surface area contributed by atoms with Gasteiger partial charge in [0.1, 0.15) is 52.6 Å². The fourth-order valence-electron chi connectivity index (χ4n) is 3.46. The Morgan fingerprint density at radius 1 is 0.906 bits per heavy atom. The van der Waals surface area contributed by atoms with E-state index in [9.17, 15) is 40.5 Å². The van der Waals surface area contributed by atoms with Crippen LogP contribution < -0.4 is 10.2 Å². The number of benzene rings is 2. The van der Waals surface area contributed by atoms with E-state index < -0.39 is 54.2 Å². The number of aromatic hydroxyl groups is 3. The molecule has 1 saturated heterocycles. The van der Waals surface area contributed by atoms with Crippen LogP contribution in [0.1, 0.15) is 0 Å². The van der Waals surface area contributed by atoms with Crippen LogP contribution in [0.3, 0.4) is 0 Å². The van der Waals surface area contributed by atoms with Gasteiger partial charge in [0.15, 0.2) is 16.9 Å². The molecule has 4 rings (SSSR count). The fourth-order valence-corrected chi connectivity index (χ4v) is 3.46. The minimum atomic E-state index is -1.66. The van der Waals surface area contributed by atoms with Crippen LogP contribution >= 0.6 is 0 Å². The van der Waals surface area contributed by atoms with Gasteiger partial charge >= 0.3 is 0 Å². The molecule has 11 nitrogen and oxygen atoms in total. The highest BCUT2D eigenvalue weighted by atomic mass is 16.7. The molecule has 0 aliphatic carbocycles. The summed E-state index contributed by atoms with van der Waals surface area (Å²) in [6, 6.07) is 7.19. The molecule has 7 N–H and O–H groups in total. The van der Waals surface area contributed by atoms with Crippen LogP contribution in [0.4, 0.5) is 0 Å². The number of phenolic OH excluding ortho intramolecular Hbond substituents is 3. The molecule has 0 saturated carbocycles. The minimum absolute atomic E-state index is 0.0298. The van der Waals surface area contributed by atoms with E-state index in [2.05, 4.69) is 0 Å². The quantitative estimate of drug-likeness (QED) is 0.279. The molecular weight excluding hydrogens is 428 g/mol. The first-order valence-electron chi connectivity index (χ1n) is 9.50. The van der Waals surface area contributed by atoms with Crippen molar-refractivity contribution in [3.8, 4) is 34.3 Å². The molecule has 0 radical (unpaired) electrons. The van der Waals surface area contributed by atoms with Gasteiger partial charge < -0.3 is 49.6 Å². The number of fused-ring (bicyclic) bond motifs is 1. The third kappa shape index (κ3) is 3.83. The third-order valence-electron chi connectivity index (χ3n) is 5.13. The first kappa shape index (κ1) is 21.9. The van der Waals surface area contributed by atoms with Crippen LogP contribution in [0.5, 0.6) is 23.0 Å². The molecule has 0 amide bonds. The van der Waals surface area contributed by atoms with Crippen molar-refractivity contribution >= 4 is 11.0 Å². The van der Waals surface area contributed by atoms with E-state index in [1.54, 1.807) is 0 Å². The molecule has 170 valence electrons. The van der Waals surface area contributed by atoms with Crippen LogP contribution in [0.15, 0.2) is 45.6 Å². The summed E-state index contributed by atoms with van der Waals surface area (Å²) in [6.45, 7) is -0.637. The van der Waals surface area contributed by atoms with Crippen molar-refractivity contribution in [1.82, 2.24) is 0 Å². The first-order chi connectivity index (χ1) is 15.2. The van der Waals surface area contributed by atoms with Gasteiger partial charge in [-0.05, 0) is 18.2 Å². The lowest BCUT2D eigenvalue weighted by Gasteiger charge is -2.39. The molecule has 2 aromatic carbocycles. The summed E-state index contributed by atoms with van der Waals surface area (Å²) >= 11 is 0. The predicted octanol–water partition coefficient (Wildman–Crippen LogP) is -0.245. The molecule has 1 aromatic heterocycles. The summed E-state index contributed by atoms with van der Waals surface area (Å²) < 4.78 is 16.2. The van der Waals surface area contributed by atoms with E-state index >= 15 is 0 Å². The van der Waals surface area contributed by atoms with Crippen molar-refractivity contribution in [3.05, 3.63) is 46.6 Å². The number of aliphatic hydroxyl groups is 4. The van der Waals surface area contributed by atoms with Crippen LogP contribution in [-0.2, 0) is 4.74 Å². The van der Waals surface area contributed by atoms with Crippen LogP contribution in [0.25, 0.3) is 22.3 Å². The molecule has 2 heterocycles. The third-order valence-corrected chi connectivity index (χ3v) is 5.13. The lowest BCUT2D eigenvalue weighted by Crippen LogP contribution is -2.60. The van der Waals surface area contributed by atoms with Gasteiger partial charge in [0, 0.05) is 23.8 Å². The molecule has 3 aromatic rings. The second-order valence-corrected chi connectivity index (χ2v) is 7.31. The Kier molecular flexibility index (Phi) is 5.67. The van der Waals surface area contributed by atoms with E-state index in [1.807, 2.05) is 0 Å². The normalized spacial score (nSPS) is 25.7. The molecule has 0 spiro atoms. The summed E-state index contributed by atoms with van der Waals surface area (Å²) in [7, 11) is 0. The van der Waals surface area contributed by atoms with Crippen molar-refractivity contribution in [1.29, 1.82) is 0 Å². The molecule has 0 bridgehead atoms. The molecular formula is C21H20O11. The topological polar surface area (TPSA) is 190 Å². The Balaban J connectivity index is 1.64. The number of aliphatic hydroxyl groups excluding tert-OH is 4. The highest BCUT2D eigenvalue weighted by Crippen LogP contribution is 2.35. The Bertz CT molecular complexity index is 1200.